The monoisotopic (exact) mass is 139 g/mol. The second-order valence-corrected chi connectivity index (χ2v) is 1.28. The first-order chi connectivity index (χ1) is 3.27. The van der Waals surface area contributed by atoms with Crippen molar-refractivity contribution in [2.75, 3.05) is 0 Å². The van der Waals surface area contributed by atoms with Crippen molar-refractivity contribution in [1.82, 2.24) is 5.32 Å². The number of rotatable bonds is 1. The van der Waals surface area contributed by atoms with Gasteiger partial charge in [-0.3, -0.25) is 4.79 Å². The molecule has 0 radical (unpaired) electrons. The fourth-order valence-electron chi connectivity index (χ4n) is 0.151. The number of nitrogens with one attached hydrogen (secondary N) is 1. The van der Waals surface area contributed by atoms with Gasteiger partial charge in [-0.05, 0) is 6.20 Å². The van der Waals surface area contributed by atoms with Gasteiger partial charge in [0.25, 0.3) is 0 Å². The zero-order valence-corrected chi connectivity index (χ0v) is 7.79. The minimum Gasteiger partial charge on any atom is -0.786 e. The van der Waals surface area contributed by atoms with Crippen molar-refractivity contribution in [1.29, 1.82) is 0 Å². The van der Waals surface area contributed by atoms with Crippen LogP contribution in [-0.4, -0.2) is 5.91 Å². The van der Waals surface area contributed by atoms with Gasteiger partial charge in [0.1, 0.15) is 0 Å². The SMILES string of the molecule is CC(=O)N/C=C/[S-].[Na+]. The largest absolute Gasteiger partial charge is 1.00 e. The molecular weight excluding hydrogens is 133 g/mol. The maximum absolute atomic E-state index is 9.99. The fourth-order valence-corrected chi connectivity index (χ4v) is 0.219. The molecule has 0 heterocycles. The minimum atomic E-state index is -0.0962. The number of hydrogen-bond donors (Lipinski definition) is 1. The van der Waals surface area contributed by atoms with E-state index in [1.807, 2.05) is 0 Å². The summed E-state index contributed by atoms with van der Waals surface area (Å²) in [6, 6.07) is 0. The van der Waals surface area contributed by atoms with Gasteiger partial charge < -0.3 is 17.9 Å². The summed E-state index contributed by atoms with van der Waals surface area (Å²) in [5.41, 5.74) is 0. The van der Waals surface area contributed by atoms with Crippen LogP contribution in [0, 0.1) is 0 Å². The van der Waals surface area contributed by atoms with Crippen LogP contribution in [-0.2, 0) is 17.4 Å². The van der Waals surface area contributed by atoms with Crippen LogP contribution in [0.4, 0.5) is 0 Å². The molecule has 0 saturated carbocycles. The van der Waals surface area contributed by atoms with E-state index in [-0.39, 0.29) is 35.5 Å². The maximum Gasteiger partial charge on any atom is 1.00 e. The molecule has 4 heteroatoms. The molecular formula is C4H6NNaOS. The Balaban J connectivity index is 0. The molecule has 0 unspecified atom stereocenters. The normalized spacial score (nSPS) is 8.12. The molecule has 2 nitrogen and oxygen atoms in total. The molecule has 0 aromatic rings. The predicted octanol–water partition coefficient (Wildman–Crippen LogP) is -2.86. The van der Waals surface area contributed by atoms with Gasteiger partial charge in [0.2, 0.25) is 5.91 Å². The molecule has 1 amide bonds. The zero-order chi connectivity index (χ0) is 5.70. The van der Waals surface area contributed by atoms with E-state index in [9.17, 15) is 4.79 Å². The summed E-state index contributed by atoms with van der Waals surface area (Å²) in [5.74, 6) is -0.0962. The van der Waals surface area contributed by atoms with Crippen LogP contribution in [0.5, 0.6) is 0 Å². The first-order valence-corrected chi connectivity index (χ1v) is 2.28. The van der Waals surface area contributed by atoms with Gasteiger partial charge in [-0.15, -0.1) is 0 Å². The number of amides is 1. The van der Waals surface area contributed by atoms with Crippen LogP contribution in [0.15, 0.2) is 11.6 Å². The quantitative estimate of drug-likeness (QED) is 0.313. The van der Waals surface area contributed by atoms with Crippen molar-refractivity contribution < 1.29 is 34.4 Å². The summed E-state index contributed by atoms with van der Waals surface area (Å²) >= 11 is 4.38. The second-order valence-electron chi connectivity index (χ2n) is 1.00. The van der Waals surface area contributed by atoms with Crippen molar-refractivity contribution in [2.24, 2.45) is 0 Å². The van der Waals surface area contributed by atoms with Crippen molar-refractivity contribution in [3.05, 3.63) is 11.6 Å². The Morgan fingerprint density at radius 3 is 2.38 bits per heavy atom. The number of carbonyl (C=O) groups excluding carboxylic acids is 1. The van der Waals surface area contributed by atoms with E-state index < -0.39 is 0 Å². The van der Waals surface area contributed by atoms with E-state index in [1.54, 1.807) is 0 Å². The summed E-state index contributed by atoms with van der Waals surface area (Å²) in [7, 11) is 0. The van der Waals surface area contributed by atoms with Gasteiger partial charge in [0.15, 0.2) is 0 Å². The zero-order valence-electron chi connectivity index (χ0n) is 4.97. The molecule has 0 aromatic carbocycles. The van der Waals surface area contributed by atoms with E-state index in [0.29, 0.717) is 0 Å². The average Bonchev–Trinajstić information content (AvgIpc) is 1.61. The molecule has 0 aliphatic heterocycles. The van der Waals surface area contributed by atoms with E-state index >= 15 is 0 Å². The standard InChI is InChI=1S/C4H7NOS.Na/c1-4(6)5-2-3-7;/h2-3,7H,1H3,(H,5,6);/q;+1/p-1/b3-2+;. The van der Waals surface area contributed by atoms with E-state index in [1.165, 1.54) is 18.5 Å². The Morgan fingerprint density at radius 1 is 1.75 bits per heavy atom. The Bertz CT molecular complexity index is 94.0. The van der Waals surface area contributed by atoms with Crippen LogP contribution in [0.1, 0.15) is 6.92 Å². The second kappa shape index (κ2) is 7.43. The van der Waals surface area contributed by atoms with Crippen LogP contribution < -0.4 is 34.9 Å². The van der Waals surface area contributed by atoms with Crippen molar-refractivity contribution in [3.8, 4) is 0 Å². The predicted molar refractivity (Wildman–Crippen MR) is 30.3 cm³/mol. The van der Waals surface area contributed by atoms with Gasteiger partial charge in [0.05, 0.1) is 0 Å². The molecule has 0 saturated heterocycles. The molecule has 0 aromatic heterocycles. The average molecular weight is 139 g/mol. The third kappa shape index (κ3) is 9.66. The first-order valence-electron chi connectivity index (χ1n) is 1.81. The topological polar surface area (TPSA) is 29.1 Å². The van der Waals surface area contributed by atoms with Gasteiger partial charge in [-0.25, -0.2) is 0 Å². The molecule has 1 N–H and O–H groups in total. The first kappa shape index (κ1) is 11.3. The molecule has 0 aliphatic carbocycles. The Labute approximate surface area is 76.4 Å². The Kier molecular flexibility index (Phi) is 10.5. The Morgan fingerprint density at radius 2 is 2.25 bits per heavy atom. The molecule has 0 rings (SSSR count). The molecule has 0 atom stereocenters. The van der Waals surface area contributed by atoms with Crippen molar-refractivity contribution in [3.63, 3.8) is 0 Å². The molecule has 8 heavy (non-hydrogen) atoms. The van der Waals surface area contributed by atoms with Crippen LogP contribution in [0.3, 0.4) is 0 Å². The number of hydrogen-bond acceptors (Lipinski definition) is 2. The summed E-state index contributed by atoms with van der Waals surface area (Å²) < 4.78 is 0. The molecule has 40 valence electrons. The number of carbonyl (C=O) groups is 1. The molecule has 0 spiro atoms. The third-order valence-corrected chi connectivity index (χ3v) is 0.491. The van der Waals surface area contributed by atoms with Gasteiger partial charge in [-0.2, -0.15) is 5.41 Å². The minimum absolute atomic E-state index is 0. The molecule has 0 aliphatic rings. The van der Waals surface area contributed by atoms with Gasteiger partial charge in [0, 0.05) is 6.92 Å². The van der Waals surface area contributed by atoms with E-state index in [2.05, 4.69) is 17.9 Å². The third-order valence-electron chi connectivity index (χ3n) is 0.355. The van der Waals surface area contributed by atoms with Crippen molar-refractivity contribution in [2.45, 2.75) is 6.92 Å². The van der Waals surface area contributed by atoms with Gasteiger partial charge >= 0.3 is 29.6 Å². The van der Waals surface area contributed by atoms with Gasteiger partial charge in [-0.1, -0.05) is 0 Å². The summed E-state index contributed by atoms with van der Waals surface area (Å²) in [4.78, 5) is 9.99. The van der Waals surface area contributed by atoms with E-state index in [0.717, 1.165) is 0 Å². The summed E-state index contributed by atoms with van der Waals surface area (Å²) in [5, 5.41) is 3.72. The summed E-state index contributed by atoms with van der Waals surface area (Å²) in [6.45, 7) is 1.43. The Hall–Kier alpha value is 0.430. The smallest absolute Gasteiger partial charge is 0.786 e. The molecule has 0 fully saturated rings. The van der Waals surface area contributed by atoms with Crippen molar-refractivity contribution >= 4 is 18.5 Å². The molecule has 0 bridgehead atoms. The fraction of sp³-hybridized carbons (Fsp3) is 0.250. The van der Waals surface area contributed by atoms with Crippen LogP contribution in [0.25, 0.3) is 0 Å². The van der Waals surface area contributed by atoms with E-state index in [4.69, 9.17) is 0 Å². The maximum atomic E-state index is 9.99. The van der Waals surface area contributed by atoms with Crippen LogP contribution in [0.2, 0.25) is 0 Å². The van der Waals surface area contributed by atoms with Crippen LogP contribution >= 0.6 is 0 Å². The summed E-state index contributed by atoms with van der Waals surface area (Å²) in [6.07, 6.45) is 1.41.